The number of piperidine rings is 1. The van der Waals surface area contributed by atoms with Gasteiger partial charge < -0.3 is 9.47 Å². The summed E-state index contributed by atoms with van der Waals surface area (Å²) in [5, 5.41) is 20.2. The number of hydrogen-bond acceptors (Lipinski definition) is 7. The summed E-state index contributed by atoms with van der Waals surface area (Å²) in [5.41, 5.74) is -7.19. The molecular weight excluding hydrogens is 1090 g/mol. The molecule has 7 rings (SSSR count). The zero-order chi connectivity index (χ0) is 58.9. The first-order valence-corrected chi connectivity index (χ1v) is 26.7. The van der Waals surface area contributed by atoms with E-state index in [1.807, 2.05) is 60.7 Å². The Balaban J connectivity index is 0.000000258. The summed E-state index contributed by atoms with van der Waals surface area (Å²) < 4.78 is 172. The molecule has 0 radical (unpaired) electrons. The number of rotatable bonds is 17. The van der Waals surface area contributed by atoms with Gasteiger partial charge in [-0.15, -0.1) is 11.6 Å². The SMILES string of the molecule is C[C@@H](OCC1(c2ccccc2)CCC(C#N)(CC(=O)CCCCCl)CC1)c1cc(C(F)(F)F)cc(C(F)(F)F)c1.C[C@@H](OC[C@H]1C[C@](C#N)(N2C(=O)CCCC2=O)CC[C@@H]1c1ccccc1)c1cc(C(F)(F)F)cc(C(F)(F)F)c1. The van der Waals surface area contributed by atoms with Gasteiger partial charge >= 0.3 is 24.7 Å². The summed E-state index contributed by atoms with van der Waals surface area (Å²) in [7, 11) is 0. The van der Waals surface area contributed by atoms with Gasteiger partial charge in [-0.3, -0.25) is 19.3 Å². The molecule has 4 aromatic carbocycles. The minimum absolute atomic E-state index is 0.00812. The average molecular weight is 1150 g/mol. The number of nitriles is 2. The molecule has 3 fully saturated rings. The molecule has 0 spiro atoms. The summed E-state index contributed by atoms with van der Waals surface area (Å²) >= 11 is 5.69. The first-order valence-electron chi connectivity index (χ1n) is 26.2. The monoisotopic (exact) mass is 1150 g/mol. The zero-order valence-electron chi connectivity index (χ0n) is 43.9. The molecule has 3 aliphatic rings. The molecule has 0 N–H and O–H groups in total. The van der Waals surface area contributed by atoms with Crippen LogP contribution in [0.5, 0.6) is 0 Å². The van der Waals surface area contributed by atoms with E-state index in [9.17, 15) is 77.6 Å². The molecule has 1 heterocycles. The molecule has 4 aromatic rings. The average Bonchev–Trinajstić information content (AvgIpc) is 3.44. The van der Waals surface area contributed by atoms with Gasteiger partial charge in [-0.1, -0.05) is 60.7 Å². The number of carbonyl (C=O) groups excluding carboxylic acids is 3. The van der Waals surface area contributed by atoms with Crippen LogP contribution >= 0.6 is 11.6 Å². The van der Waals surface area contributed by atoms with Crippen molar-refractivity contribution in [2.75, 3.05) is 19.1 Å². The lowest BCUT2D eigenvalue weighted by Crippen LogP contribution is -2.58. The van der Waals surface area contributed by atoms with Crippen LogP contribution in [0.4, 0.5) is 52.7 Å². The van der Waals surface area contributed by atoms with Crippen molar-refractivity contribution in [2.45, 2.75) is 158 Å². The van der Waals surface area contributed by atoms with Crippen LogP contribution in [-0.4, -0.2) is 47.1 Å². The van der Waals surface area contributed by atoms with Crippen LogP contribution in [0.3, 0.4) is 0 Å². The topological polar surface area (TPSA) is 120 Å². The molecule has 2 amide bonds. The lowest BCUT2D eigenvalue weighted by molar-refractivity contribution is -0.156. The van der Waals surface area contributed by atoms with Gasteiger partial charge in [0, 0.05) is 37.0 Å². The third-order valence-corrected chi connectivity index (χ3v) is 15.9. The second-order valence-corrected chi connectivity index (χ2v) is 21.5. The van der Waals surface area contributed by atoms with E-state index in [4.69, 9.17) is 21.1 Å². The summed E-state index contributed by atoms with van der Waals surface area (Å²) in [5.74, 6) is -0.994. The van der Waals surface area contributed by atoms with Gasteiger partial charge in [-0.25, -0.2) is 0 Å². The molecule has 0 unspecified atom stereocenters. The molecule has 432 valence electrons. The second kappa shape index (κ2) is 25.9. The molecule has 80 heavy (non-hydrogen) atoms. The Labute approximate surface area is 461 Å². The summed E-state index contributed by atoms with van der Waals surface area (Å²) in [4.78, 5) is 39.1. The van der Waals surface area contributed by atoms with Gasteiger partial charge in [0.25, 0.3) is 0 Å². The van der Waals surface area contributed by atoms with Crippen molar-refractivity contribution in [3.8, 4) is 12.1 Å². The van der Waals surface area contributed by atoms with Crippen molar-refractivity contribution in [3.63, 3.8) is 0 Å². The van der Waals surface area contributed by atoms with Gasteiger partial charge in [0.05, 0.1) is 65.2 Å². The number of halogens is 13. The van der Waals surface area contributed by atoms with Crippen molar-refractivity contribution in [2.24, 2.45) is 11.3 Å². The molecule has 8 nitrogen and oxygen atoms in total. The maximum absolute atomic E-state index is 13.4. The van der Waals surface area contributed by atoms with Crippen molar-refractivity contribution < 1.29 is 76.5 Å². The number of carbonyl (C=O) groups is 3. The van der Waals surface area contributed by atoms with E-state index < -0.39 is 93.3 Å². The van der Waals surface area contributed by atoms with E-state index in [-0.39, 0.29) is 80.3 Å². The minimum Gasteiger partial charge on any atom is -0.374 e. The number of ketones is 1. The van der Waals surface area contributed by atoms with Crippen LogP contribution in [0.2, 0.25) is 0 Å². The first kappa shape index (κ1) is 63.2. The van der Waals surface area contributed by atoms with Crippen molar-refractivity contribution in [1.29, 1.82) is 10.5 Å². The predicted molar refractivity (Wildman–Crippen MR) is 271 cm³/mol. The Kier molecular flexibility index (Phi) is 20.4. The second-order valence-electron chi connectivity index (χ2n) is 21.1. The molecule has 2 saturated carbocycles. The third kappa shape index (κ3) is 15.7. The van der Waals surface area contributed by atoms with E-state index in [1.165, 1.54) is 13.8 Å². The number of amides is 2. The highest BCUT2D eigenvalue weighted by Gasteiger charge is 2.51. The first-order chi connectivity index (χ1) is 37.5. The fraction of sp³-hybridized carbons (Fsp3) is 0.508. The van der Waals surface area contributed by atoms with Crippen LogP contribution in [-0.2, 0) is 54.0 Å². The van der Waals surface area contributed by atoms with Crippen LogP contribution < -0.4 is 0 Å². The molecular formula is C59H60ClF12N3O5. The summed E-state index contributed by atoms with van der Waals surface area (Å²) in [6.07, 6.45) is -17.0. The number of Topliss-reactive ketones (excluding diaryl/α,β-unsaturated/α-hetero) is 1. The predicted octanol–water partition coefficient (Wildman–Crippen LogP) is 16.4. The fourth-order valence-electron chi connectivity index (χ4n) is 11.1. The highest BCUT2D eigenvalue weighted by molar-refractivity contribution is 6.17. The van der Waals surface area contributed by atoms with E-state index in [0.29, 0.717) is 81.5 Å². The van der Waals surface area contributed by atoms with E-state index in [2.05, 4.69) is 12.1 Å². The number of nitrogens with zero attached hydrogens (tertiary/aromatic N) is 3. The number of benzene rings is 4. The van der Waals surface area contributed by atoms with Crippen molar-refractivity contribution in [1.82, 2.24) is 4.90 Å². The van der Waals surface area contributed by atoms with Gasteiger partial charge in [-0.2, -0.15) is 63.2 Å². The van der Waals surface area contributed by atoms with Crippen LogP contribution in [0, 0.1) is 34.0 Å². The van der Waals surface area contributed by atoms with Crippen LogP contribution in [0.15, 0.2) is 97.1 Å². The Hall–Kier alpha value is -5.96. The van der Waals surface area contributed by atoms with Crippen LogP contribution in [0.1, 0.15) is 166 Å². The molecule has 0 bridgehead atoms. The maximum atomic E-state index is 13.4. The number of likely N-dealkylation sites (tertiary alicyclic amines) is 1. The highest BCUT2D eigenvalue weighted by atomic mass is 35.5. The number of ether oxygens (including phenoxy) is 2. The molecule has 5 atom stereocenters. The van der Waals surface area contributed by atoms with Gasteiger partial charge in [0.1, 0.15) is 11.3 Å². The number of unbranched alkanes of at least 4 members (excludes halogenated alkanes) is 1. The lowest BCUT2D eigenvalue weighted by atomic mass is 9.60. The molecule has 0 aromatic heterocycles. The minimum atomic E-state index is -4.99. The van der Waals surface area contributed by atoms with E-state index >= 15 is 0 Å². The molecule has 2 aliphatic carbocycles. The zero-order valence-corrected chi connectivity index (χ0v) is 44.6. The normalized spacial score (nSPS) is 23.7. The van der Waals surface area contributed by atoms with Gasteiger partial charge in [-0.05, 0) is 149 Å². The van der Waals surface area contributed by atoms with E-state index in [1.54, 1.807) is 0 Å². The Morgan fingerprint density at radius 2 is 1.14 bits per heavy atom. The Bertz CT molecular complexity index is 2780. The smallest absolute Gasteiger partial charge is 0.374 e. The number of alkyl halides is 13. The summed E-state index contributed by atoms with van der Waals surface area (Å²) in [6.45, 7) is 2.71. The van der Waals surface area contributed by atoms with Crippen molar-refractivity contribution in [3.05, 3.63) is 142 Å². The van der Waals surface area contributed by atoms with E-state index in [0.717, 1.165) is 22.4 Å². The Morgan fingerprint density at radius 1 is 0.662 bits per heavy atom. The Morgan fingerprint density at radius 3 is 1.59 bits per heavy atom. The van der Waals surface area contributed by atoms with Crippen molar-refractivity contribution >= 4 is 29.2 Å². The standard InChI is InChI=1S/C30H32ClF6NO2.C29H28F6N2O3/c1-21(22-15-24(29(32,33)34)17-25(16-22)30(35,36)37)40-20-28(23-7-3-2-4-8-23)12-10-27(19-38,11-13-28)18-26(39)9-5-6-14-31;1-18(20-12-22(28(30,31)32)14-23(13-20)29(33,34)35)40-16-21-15-27(17-36,37-25(38)8-5-9-26(37)39)11-10-24(21)19-6-3-2-4-7-19/h2-4,7-8,15-17,21H,5-6,9-14,18,20H2,1H3;2-4,6-7,12-14,18,21,24H,5,8-11,15-16H2,1H3/t21-,27?,28?;18-,21-,24-,27-/m11/s1. The number of hydrogen-bond donors (Lipinski definition) is 0. The maximum Gasteiger partial charge on any atom is 0.416 e. The molecule has 21 heteroatoms. The molecule has 1 aliphatic heterocycles. The number of imide groups is 1. The highest BCUT2D eigenvalue weighted by Crippen LogP contribution is 2.51. The van der Waals surface area contributed by atoms with Gasteiger partial charge in [0.15, 0.2) is 0 Å². The quantitative estimate of drug-likeness (QED) is 0.0447. The van der Waals surface area contributed by atoms with Crippen LogP contribution in [0.25, 0.3) is 0 Å². The summed E-state index contributed by atoms with van der Waals surface area (Å²) in [6, 6.07) is 26.0. The third-order valence-electron chi connectivity index (χ3n) is 15.7. The molecule has 1 saturated heterocycles. The fourth-order valence-corrected chi connectivity index (χ4v) is 11.3. The largest absolute Gasteiger partial charge is 0.416 e. The van der Waals surface area contributed by atoms with Gasteiger partial charge in [0.2, 0.25) is 11.8 Å². The lowest BCUT2D eigenvalue weighted by Gasteiger charge is -2.47.